The van der Waals surface area contributed by atoms with Gasteiger partial charge >= 0.3 is 6.18 Å². The van der Waals surface area contributed by atoms with E-state index >= 15 is 0 Å². The van der Waals surface area contributed by atoms with E-state index in [0.717, 1.165) is 47.7 Å². The first kappa shape index (κ1) is 26.1. The average molecular weight is 519 g/mol. The van der Waals surface area contributed by atoms with E-state index in [0.29, 0.717) is 37.4 Å². The molecule has 38 heavy (non-hydrogen) atoms. The van der Waals surface area contributed by atoms with Crippen molar-refractivity contribution in [1.82, 2.24) is 14.8 Å². The van der Waals surface area contributed by atoms with Gasteiger partial charge in [0.05, 0.1) is 22.9 Å². The highest BCUT2D eigenvalue weighted by atomic mass is 19.4. The molecule has 1 saturated heterocycles. The highest BCUT2D eigenvalue weighted by Gasteiger charge is 2.50. The van der Waals surface area contributed by atoms with Crippen LogP contribution in [0.25, 0.3) is 0 Å². The van der Waals surface area contributed by atoms with Gasteiger partial charge in [0, 0.05) is 18.5 Å². The van der Waals surface area contributed by atoms with Crippen LogP contribution in [0.3, 0.4) is 0 Å². The molecule has 3 aromatic rings. The van der Waals surface area contributed by atoms with E-state index in [1.807, 2.05) is 53.3 Å². The molecule has 1 radical (unpaired) electrons. The lowest BCUT2D eigenvalue weighted by molar-refractivity contribution is -0.138. The number of hydrogen-bond donors (Lipinski definition) is 1. The van der Waals surface area contributed by atoms with Gasteiger partial charge in [-0.2, -0.15) is 13.2 Å². The summed E-state index contributed by atoms with van der Waals surface area (Å²) in [6, 6.07) is 15.2. The van der Waals surface area contributed by atoms with E-state index in [4.69, 9.17) is 5.73 Å². The van der Waals surface area contributed by atoms with Gasteiger partial charge < -0.3 is 15.3 Å². The molecule has 1 aliphatic carbocycles. The number of aryl methyl sites for hydroxylation is 2. The summed E-state index contributed by atoms with van der Waals surface area (Å²) in [6.07, 6.45) is -0.943. The standard InChI is InChI=1S/C28H27BF3N4O2/c30-28(31,32)23-14-34-25(13-18-5-7-19(8-6-18)21-15-36(16-21)29-17-37)35-24(23)10-9-20-3-1-2-4-22(20)27(11-12-27)26(33)38/h1-8,14,17,21H,9-13,15-16H2,(H2,33,38). The molecule has 2 aromatic carbocycles. The molecule has 6 nitrogen and oxygen atoms in total. The number of nitrogens with two attached hydrogens (primary N) is 1. The van der Waals surface area contributed by atoms with Crippen LogP contribution in [0.2, 0.25) is 0 Å². The van der Waals surface area contributed by atoms with Gasteiger partial charge in [-0.25, -0.2) is 9.97 Å². The Labute approximate surface area is 219 Å². The zero-order valence-corrected chi connectivity index (χ0v) is 20.7. The van der Waals surface area contributed by atoms with Gasteiger partial charge in [0.15, 0.2) is 0 Å². The molecule has 2 heterocycles. The third kappa shape index (κ3) is 5.36. The molecular weight excluding hydrogens is 492 g/mol. The summed E-state index contributed by atoms with van der Waals surface area (Å²) in [7, 11) is 1.53. The fraction of sp³-hybridized carbons (Fsp3) is 0.357. The van der Waals surface area contributed by atoms with Crippen molar-refractivity contribution in [2.24, 2.45) is 5.73 Å². The van der Waals surface area contributed by atoms with Gasteiger partial charge in [0.25, 0.3) is 7.41 Å². The van der Waals surface area contributed by atoms with Gasteiger partial charge in [-0.15, -0.1) is 0 Å². The average Bonchev–Trinajstić information content (AvgIpc) is 3.67. The van der Waals surface area contributed by atoms with Crippen molar-refractivity contribution in [3.05, 3.63) is 94.1 Å². The van der Waals surface area contributed by atoms with E-state index in [9.17, 15) is 22.8 Å². The van der Waals surface area contributed by atoms with E-state index in [1.54, 1.807) is 0 Å². The molecule has 5 rings (SSSR count). The highest BCUT2D eigenvalue weighted by Crippen LogP contribution is 2.49. The van der Waals surface area contributed by atoms with Crippen LogP contribution in [-0.2, 0) is 40.4 Å². The quantitative estimate of drug-likeness (QED) is 0.327. The Bertz CT molecular complexity index is 1340. The number of carbonyl (C=O) groups is 2. The second-order valence-corrected chi connectivity index (χ2v) is 10.1. The number of hydrogen-bond acceptors (Lipinski definition) is 5. The summed E-state index contributed by atoms with van der Waals surface area (Å²) < 4.78 is 41.4. The Morgan fingerprint density at radius 1 is 1.11 bits per heavy atom. The van der Waals surface area contributed by atoms with Gasteiger partial charge in [-0.05, 0) is 61.0 Å². The van der Waals surface area contributed by atoms with E-state index in [1.165, 1.54) is 7.41 Å². The van der Waals surface area contributed by atoms with Crippen molar-refractivity contribution in [3.63, 3.8) is 0 Å². The number of primary amides is 1. The van der Waals surface area contributed by atoms with Crippen LogP contribution in [0.15, 0.2) is 54.7 Å². The molecule has 0 bridgehead atoms. The van der Waals surface area contributed by atoms with Crippen LogP contribution in [-0.4, -0.2) is 47.4 Å². The topological polar surface area (TPSA) is 89.2 Å². The third-order valence-electron chi connectivity index (χ3n) is 7.60. The monoisotopic (exact) mass is 519 g/mol. The van der Waals surface area contributed by atoms with Crippen LogP contribution < -0.4 is 5.73 Å². The number of rotatable bonds is 10. The minimum atomic E-state index is -4.57. The number of carbonyl (C=O) groups excluding carboxylic acids is 2. The zero-order valence-electron chi connectivity index (χ0n) is 20.7. The molecule has 2 aliphatic rings. The van der Waals surface area contributed by atoms with Gasteiger partial charge in [0.2, 0.25) is 5.91 Å². The second-order valence-electron chi connectivity index (χ2n) is 10.1. The van der Waals surface area contributed by atoms with Crippen molar-refractivity contribution in [2.75, 3.05) is 13.1 Å². The molecule has 1 amide bonds. The van der Waals surface area contributed by atoms with Gasteiger partial charge in [-0.3, -0.25) is 4.79 Å². The lowest BCUT2D eigenvalue weighted by Crippen LogP contribution is -2.47. The molecule has 0 unspecified atom stereocenters. The third-order valence-corrected chi connectivity index (χ3v) is 7.60. The molecule has 1 aromatic heterocycles. The predicted molar refractivity (Wildman–Crippen MR) is 137 cm³/mol. The van der Waals surface area contributed by atoms with Crippen LogP contribution in [0.5, 0.6) is 0 Å². The minimum Gasteiger partial charge on any atom is -0.369 e. The minimum absolute atomic E-state index is 0.0566. The van der Waals surface area contributed by atoms with Crippen molar-refractivity contribution < 1.29 is 22.8 Å². The Kier molecular flexibility index (Phi) is 7.09. The Balaban J connectivity index is 1.32. The zero-order chi connectivity index (χ0) is 26.9. The maximum absolute atomic E-state index is 13.8. The van der Waals surface area contributed by atoms with Crippen molar-refractivity contribution in [3.8, 4) is 0 Å². The lowest BCUT2D eigenvalue weighted by atomic mass is 9.81. The number of alkyl halides is 3. The first-order valence-electron chi connectivity index (χ1n) is 12.6. The molecule has 0 atom stereocenters. The molecule has 1 saturated carbocycles. The fourth-order valence-corrected chi connectivity index (χ4v) is 5.22. The molecule has 0 spiro atoms. The number of nitrogens with zero attached hydrogens (tertiary/aromatic N) is 3. The van der Waals surface area contributed by atoms with Crippen LogP contribution in [0.4, 0.5) is 13.2 Å². The first-order chi connectivity index (χ1) is 18.2. The molecule has 195 valence electrons. The van der Waals surface area contributed by atoms with Crippen LogP contribution in [0.1, 0.15) is 58.1 Å². The Hall–Kier alpha value is -3.53. The van der Waals surface area contributed by atoms with Gasteiger partial charge in [0.1, 0.15) is 5.82 Å². The Morgan fingerprint density at radius 2 is 1.82 bits per heavy atom. The maximum atomic E-state index is 13.8. The summed E-state index contributed by atoms with van der Waals surface area (Å²) in [6.45, 7) is 1.57. The van der Waals surface area contributed by atoms with Crippen molar-refractivity contribution >= 4 is 19.5 Å². The summed E-state index contributed by atoms with van der Waals surface area (Å²) >= 11 is 0. The number of amides is 1. The maximum Gasteiger partial charge on any atom is 0.419 e. The van der Waals surface area contributed by atoms with Crippen molar-refractivity contribution in [2.45, 2.75) is 49.6 Å². The summed E-state index contributed by atoms with van der Waals surface area (Å²) in [5.74, 6) is 0.270. The predicted octanol–water partition coefficient (Wildman–Crippen LogP) is 3.60. The normalized spacial score (nSPS) is 17.0. The lowest BCUT2D eigenvalue weighted by Gasteiger charge is -2.38. The number of aromatic nitrogens is 2. The highest BCUT2D eigenvalue weighted by molar-refractivity contribution is 6.64. The van der Waals surface area contributed by atoms with E-state index in [2.05, 4.69) is 9.97 Å². The van der Waals surface area contributed by atoms with Crippen LogP contribution >= 0.6 is 0 Å². The first-order valence-corrected chi connectivity index (χ1v) is 12.6. The Morgan fingerprint density at radius 3 is 2.45 bits per heavy atom. The largest absolute Gasteiger partial charge is 0.419 e. The van der Waals surface area contributed by atoms with Gasteiger partial charge in [-0.1, -0.05) is 48.5 Å². The molecule has 10 heteroatoms. The molecule has 1 aliphatic heterocycles. The summed E-state index contributed by atoms with van der Waals surface area (Å²) in [5, 5.41) is 0. The second kappa shape index (κ2) is 10.3. The van der Waals surface area contributed by atoms with Crippen LogP contribution in [0, 0.1) is 0 Å². The SMILES string of the molecule is NC(=O)C1(c2ccccc2CCc2nc(Cc3ccc(C4CN([B]C=O)C4)cc3)ncc2C(F)(F)F)CC1. The molecular formula is C28H27BF3N4O2. The molecule has 2 N–H and O–H groups in total. The number of halogens is 3. The summed E-state index contributed by atoms with van der Waals surface area (Å²) in [4.78, 5) is 33.0. The van der Waals surface area contributed by atoms with E-state index < -0.39 is 23.1 Å². The fourth-order valence-electron chi connectivity index (χ4n) is 5.22. The van der Waals surface area contributed by atoms with E-state index in [-0.39, 0.29) is 12.1 Å². The smallest absolute Gasteiger partial charge is 0.369 e. The van der Waals surface area contributed by atoms with Crippen molar-refractivity contribution in [1.29, 1.82) is 0 Å². The summed E-state index contributed by atoms with van der Waals surface area (Å²) in [5.41, 5.74) is 7.70. The molecule has 2 fully saturated rings. The number of benzene rings is 2.